The van der Waals surface area contributed by atoms with Gasteiger partial charge in [0.25, 0.3) is 17.5 Å². The van der Waals surface area contributed by atoms with E-state index in [1.165, 1.54) is 19.1 Å². The van der Waals surface area contributed by atoms with Crippen LogP contribution in [0.15, 0.2) is 54.6 Å². The molecule has 1 heterocycles. The summed E-state index contributed by atoms with van der Waals surface area (Å²) < 4.78 is 4.82. The number of hydrazine groups is 1. The van der Waals surface area contributed by atoms with Gasteiger partial charge in [-0.2, -0.15) is 5.01 Å². The Morgan fingerprint density at radius 1 is 1.13 bits per heavy atom. The van der Waals surface area contributed by atoms with Crippen LogP contribution in [0.4, 0.5) is 10.5 Å². The van der Waals surface area contributed by atoms with Crippen molar-refractivity contribution in [2.75, 3.05) is 6.61 Å². The van der Waals surface area contributed by atoms with Gasteiger partial charge in [0.1, 0.15) is 5.54 Å². The van der Waals surface area contributed by atoms with Gasteiger partial charge in [0.2, 0.25) is 0 Å². The van der Waals surface area contributed by atoms with Crippen LogP contribution in [-0.2, 0) is 19.9 Å². The lowest BCUT2D eigenvalue weighted by Crippen LogP contribution is -2.49. The molecular weight excluding hydrogens is 396 g/mol. The van der Waals surface area contributed by atoms with Crippen LogP contribution < -0.4 is 10.7 Å². The summed E-state index contributed by atoms with van der Waals surface area (Å²) in [5.74, 6) is -2.51. The fraction of sp³-hybridized carbons (Fsp3) is 0.158. The number of rotatable bonds is 6. The third kappa shape index (κ3) is 3.94. The fourth-order valence-corrected chi connectivity index (χ4v) is 2.80. The highest BCUT2D eigenvalue weighted by Gasteiger charge is 2.50. The summed E-state index contributed by atoms with van der Waals surface area (Å²) in [6, 6.07) is 12.3. The second kappa shape index (κ2) is 7.99. The summed E-state index contributed by atoms with van der Waals surface area (Å²) in [7, 11) is 0. The quantitative estimate of drug-likeness (QED) is 0.314. The van der Waals surface area contributed by atoms with Gasteiger partial charge in [0, 0.05) is 12.1 Å². The normalized spacial score (nSPS) is 18.0. The SMILES string of the molecule is C[C@]1(c2ccccc2)NC(=O)N(NC(=O)COC(=O)c2ccc([N+](=O)[O-])cc2)C1=O. The number of carbonyl (C=O) groups is 4. The Bertz CT molecular complexity index is 1020. The molecule has 2 N–H and O–H groups in total. The lowest BCUT2D eigenvalue weighted by molar-refractivity contribution is -0.384. The van der Waals surface area contributed by atoms with Crippen LogP contribution >= 0.6 is 0 Å². The molecule has 30 heavy (non-hydrogen) atoms. The number of non-ortho nitro benzene ring substituents is 1. The van der Waals surface area contributed by atoms with Crippen molar-refractivity contribution >= 4 is 29.5 Å². The summed E-state index contributed by atoms with van der Waals surface area (Å²) in [5, 5.41) is 13.7. The van der Waals surface area contributed by atoms with E-state index in [1.54, 1.807) is 30.3 Å². The van der Waals surface area contributed by atoms with Gasteiger partial charge in [0.05, 0.1) is 10.5 Å². The zero-order chi connectivity index (χ0) is 21.9. The highest BCUT2D eigenvalue weighted by molar-refractivity contribution is 6.08. The number of hydrogen-bond donors (Lipinski definition) is 2. The predicted octanol–water partition coefficient (Wildman–Crippen LogP) is 1.25. The molecule has 0 aromatic heterocycles. The maximum Gasteiger partial charge on any atom is 0.344 e. The monoisotopic (exact) mass is 412 g/mol. The average Bonchev–Trinajstić information content (AvgIpc) is 2.96. The Labute approximate surface area is 169 Å². The summed E-state index contributed by atoms with van der Waals surface area (Å²) in [4.78, 5) is 58.9. The van der Waals surface area contributed by atoms with E-state index < -0.39 is 40.9 Å². The lowest BCUT2D eigenvalue weighted by atomic mass is 9.92. The number of benzene rings is 2. The van der Waals surface area contributed by atoms with Gasteiger partial charge >= 0.3 is 12.0 Å². The minimum Gasteiger partial charge on any atom is -0.452 e. The van der Waals surface area contributed by atoms with Crippen molar-refractivity contribution in [3.63, 3.8) is 0 Å². The number of nitro groups is 1. The van der Waals surface area contributed by atoms with E-state index in [0.29, 0.717) is 10.6 Å². The van der Waals surface area contributed by atoms with E-state index in [9.17, 15) is 29.3 Å². The predicted molar refractivity (Wildman–Crippen MR) is 101 cm³/mol. The molecule has 0 radical (unpaired) electrons. The Morgan fingerprint density at radius 3 is 2.37 bits per heavy atom. The highest BCUT2D eigenvalue weighted by atomic mass is 16.6. The first kappa shape index (κ1) is 20.5. The molecule has 11 nitrogen and oxygen atoms in total. The first-order valence-electron chi connectivity index (χ1n) is 8.65. The van der Waals surface area contributed by atoms with E-state index in [0.717, 1.165) is 12.1 Å². The number of ether oxygens (including phenoxy) is 1. The Morgan fingerprint density at radius 2 is 1.77 bits per heavy atom. The van der Waals surface area contributed by atoms with E-state index in [1.807, 2.05) is 0 Å². The van der Waals surface area contributed by atoms with Crippen molar-refractivity contribution < 1.29 is 28.8 Å². The molecule has 3 rings (SSSR count). The van der Waals surface area contributed by atoms with E-state index >= 15 is 0 Å². The maximum absolute atomic E-state index is 12.7. The molecule has 1 atom stereocenters. The number of nitro benzene ring substituents is 1. The maximum atomic E-state index is 12.7. The van der Waals surface area contributed by atoms with E-state index in [-0.39, 0.29) is 11.3 Å². The molecule has 11 heteroatoms. The molecular formula is C19H16N4O7. The van der Waals surface area contributed by atoms with Crippen molar-refractivity contribution in [3.05, 3.63) is 75.8 Å². The van der Waals surface area contributed by atoms with Crippen LogP contribution in [0.3, 0.4) is 0 Å². The second-order valence-corrected chi connectivity index (χ2v) is 6.48. The highest BCUT2D eigenvalue weighted by Crippen LogP contribution is 2.27. The van der Waals surface area contributed by atoms with Gasteiger partial charge in [-0.25, -0.2) is 9.59 Å². The molecule has 1 aliphatic heterocycles. The van der Waals surface area contributed by atoms with Crippen molar-refractivity contribution in [1.29, 1.82) is 0 Å². The van der Waals surface area contributed by atoms with Gasteiger partial charge in [-0.3, -0.25) is 25.1 Å². The van der Waals surface area contributed by atoms with E-state index in [4.69, 9.17) is 4.74 Å². The minimum atomic E-state index is -1.36. The topological polar surface area (TPSA) is 148 Å². The molecule has 2 aromatic carbocycles. The zero-order valence-electron chi connectivity index (χ0n) is 15.7. The standard InChI is InChI=1S/C19H16N4O7/c1-19(13-5-3-2-4-6-13)17(26)22(18(27)20-19)21-15(24)11-30-16(25)12-7-9-14(10-8-12)23(28)29/h2-10H,11H2,1H3,(H,20,27)(H,21,24)/t19-/m1/s1. The Hall–Kier alpha value is -4.28. The molecule has 0 spiro atoms. The molecule has 0 aliphatic carbocycles. The summed E-state index contributed by atoms with van der Waals surface area (Å²) in [6.45, 7) is 0.734. The molecule has 1 fully saturated rings. The summed E-state index contributed by atoms with van der Waals surface area (Å²) >= 11 is 0. The van der Waals surface area contributed by atoms with Gasteiger partial charge in [-0.1, -0.05) is 30.3 Å². The number of esters is 1. The average molecular weight is 412 g/mol. The number of imide groups is 1. The van der Waals surface area contributed by atoms with Crippen molar-refractivity contribution in [2.24, 2.45) is 0 Å². The number of nitrogens with one attached hydrogen (secondary N) is 2. The first-order chi connectivity index (χ1) is 14.2. The van der Waals surface area contributed by atoms with Crippen LogP contribution in [0, 0.1) is 10.1 Å². The van der Waals surface area contributed by atoms with Crippen molar-refractivity contribution in [3.8, 4) is 0 Å². The first-order valence-corrected chi connectivity index (χ1v) is 8.65. The molecule has 154 valence electrons. The molecule has 0 saturated carbocycles. The number of hydrogen-bond acceptors (Lipinski definition) is 7. The largest absolute Gasteiger partial charge is 0.452 e. The van der Waals surface area contributed by atoms with Crippen LogP contribution in [0.5, 0.6) is 0 Å². The molecule has 1 saturated heterocycles. The third-order valence-corrected chi connectivity index (χ3v) is 4.43. The number of urea groups is 1. The molecule has 0 unspecified atom stereocenters. The van der Waals surface area contributed by atoms with Gasteiger partial charge in [-0.15, -0.1) is 0 Å². The second-order valence-electron chi connectivity index (χ2n) is 6.48. The number of carbonyl (C=O) groups excluding carboxylic acids is 4. The van der Waals surface area contributed by atoms with Crippen LogP contribution in [0.2, 0.25) is 0 Å². The fourth-order valence-electron chi connectivity index (χ4n) is 2.80. The summed E-state index contributed by atoms with van der Waals surface area (Å²) in [5.41, 5.74) is 1.07. The van der Waals surface area contributed by atoms with Crippen molar-refractivity contribution in [1.82, 2.24) is 15.8 Å². The van der Waals surface area contributed by atoms with Gasteiger partial charge < -0.3 is 10.1 Å². The van der Waals surface area contributed by atoms with E-state index in [2.05, 4.69) is 10.7 Å². The molecule has 1 aliphatic rings. The summed E-state index contributed by atoms with van der Waals surface area (Å²) in [6.07, 6.45) is 0. The molecule has 4 amide bonds. The van der Waals surface area contributed by atoms with Gasteiger partial charge in [0.15, 0.2) is 6.61 Å². The van der Waals surface area contributed by atoms with Crippen molar-refractivity contribution in [2.45, 2.75) is 12.5 Å². The Kier molecular flexibility index (Phi) is 5.45. The third-order valence-electron chi connectivity index (χ3n) is 4.43. The molecule has 0 bridgehead atoms. The minimum absolute atomic E-state index is 0.0000414. The molecule has 2 aromatic rings. The Balaban J connectivity index is 1.59. The number of nitrogens with zero attached hydrogens (tertiary/aromatic N) is 2. The number of amides is 4. The van der Waals surface area contributed by atoms with Crippen LogP contribution in [0.1, 0.15) is 22.8 Å². The zero-order valence-corrected chi connectivity index (χ0v) is 15.7. The van der Waals surface area contributed by atoms with Gasteiger partial charge in [-0.05, 0) is 24.6 Å². The van der Waals surface area contributed by atoms with Crippen LogP contribution in [0.25, 0.3) is 0 Å². The smallest absolute Gasteiger partial charge is 0.344 e. The van der Waals surface area contributed by atoms with Crippen LogP contribution in [-0.4, -0.2) is 40.4 Å². The lowest BCUT2D eigenvalue weighted by Gasteiger charge is -2.22.